The molecule has 1 fully saturated rings. The molecule has 27 heavy (non-hydrogen) atoms. The van der Waals surface area contributed by atoms with E-state index in [9.17, 15) is 0 Å². The summed E-state index contributed by atoms with van der Waals surface area (Å²) in [5.74, 6) is 1.17. The zero-order valence-corrected chi connectivity index (χ0v) is 16.5. The number of piperazine rings is 1. The predicted molar refractivity (Wildman–Crippen MR) is 108 cm³/mol. The van der Waals surface area contributed by atoms with Crippen molar-refractivity contribution in [3.8, 4) is 11.5 Å². The van der Waals surface area contributed by atoms with Crippen molar-refractivity contribution in [3.63, 3.8) is 0 Å². The Morgan fingerprint density at radius 3 is 2.56 bits per heavy atom. The quantitative estimate of drug-likeness (QED) is 0.723. The van der Waals surface area contributed by atoms with E-state index in [2.05, 4.69) is 28.1 Å². The summed E-state index contributed by atoms with van der Waals surface area (Å²) in [5, 5.41) is 9.93. The van der Waals surface area contributed by atoms with Gasteiger partial charge in [0, 0.05) is 10.6 Å². The van der Waals surface area contributed by atoms with E-state index in [1.54, 1.807) is 0 Å². The number of aromatic nitrogens is 2. The lowest BCUT2D eigenvalue weighted by atomic mass is 10.2. The number of para-hydroxylation sites is 1. The van der Waals surface area contributed by atoms with Gasteiger partial charge in [0.25, 0.3) is 5.89 Å². The lowest BCUT2D eigenvalue weighted by Gasteiger charge is -2.35. The van der Waals surface area contributed by atoms with Crippen molar-refractivity contribution in [2.24, 2.45) is 0 Å². The Morgan fingerprint density at radius 2 is 1.81 bits per heavy atom. The molecule has 4 rings (SSSR count). The van der Waals surface area contributed by atoms with Gasteiger partial charge in [-0.1, -0.05) is 41.4 Å². The highest BCUT2D eigenvalue weighted by Gasteiger charge is 2.29. The molecule has 0 aliphatic carbocycles. The molecule has 3 aromatic rings. The monoisotopic (exact) mass is 403 g/mol. The number of hydrogen-bond donors (Lipinski definition) is 1. The zero-order chi connectivity index (χ0) is 18.8. The number of anilines is 1. The summed E-state index contributed by atoms with van der Waals surface area (Å²) in [5.41, 5.74) is 1.94. The first kappa shape index (κ1) is 18.3. The van der Waals surface area contributed by atoms with Crippen molar-refractivity contribution in [3.05, 3.63) is 64.5 Å². The van der Waals surface area contributed by atoms with Crippen LogP contribution >= 0.6 is 23.2 Å². The molecule has 1 atom stereocenters. The van der Waals surface area contributed by atoms with Gasteiger partial charge in [0.2, 0.25) is 5.89 Å². The van der Waals surface area contributed by atoms with Gasteiger partial charge in [-0.3, -0.25) is 0 Å². The van der Waals surface area contributed by atoms with Crippen LogP contribution in [-0.2, 0) is 0 Å². The third-order valence-corrected chi connectivity index (χ3v) is 5.65. The summed E-state index contributed by atoms with van der Waals surface area (Å²) < 4.78 is 5.93. The maximum atomic E-state index is 6.33. The molecule has 0 spiro atoms. The third kappa shape index (κ3) is 3.95. The van der Waals surface area contributed by atoms with E-state index in [0.717, 1.165) is 42.5 Å². The maximum absolute atomic E-state index is 6.33. The normalized spacial score (nSPS) is 16.5. The van der Waals surface area contributed by atoms with E-state index in [1.165, 1.54) is 4.90 Å². The average Bonchev–Trinajstić information content (AvgIpc) is 3.18. The summed E-state index contributed by atoms with van der Waals surface area (Å²) in [6.45, 7) is 6.00. The van der Waals surface area contributed by atoms with Gasteiger partial charge in [-0.2, -0.15) is 0 Å². The van der Waals surface area contributed by atoms with E-state index in [-0.39, 0.29) is 6.04 Å². The lowest BCUT2D eigenvalue weighted by Crippen LogP contribution is -3.14. The Hall–Kier alpha value is -2.08. The molecule has 140 valence electrons. The van der Waals surface area contributed by atoms with Crippen molar-refractivity contribution in [1.29, 1.82) is 0 Å². The van der Waals surface area contributed by atoms with Crippen LogP contribution in [0.1, 0.15) is 18.9 Å². The highest BCUT2D eigenvalue weighted by Crippen LogP contribution is 2.25. The molecule has 2 heterocycles. The minimum Gasteiger partial charge on any atom is -0.415 e. The average molecular weight is 404 g/mol. The Morgan fingerprint density at radius 1 is 1.04 bits per heavy atom. The molecule has 1 aliphatic rings. The van der Waals surface area contributed by atoms with E-state index < -0.39 is 0 Å². The first-order valence-electron chi connectivity index (χ1n) is 9.05. The predicted octanol–water partition coefficient (Wildman–Crippen LogP) is 3.51. The number of hydrogen-bond acceptors (Lipinski definition) is 4. The fourth-order valence-electron chi connectivity index (χ4n) is 3.50. The van der Waals surface area contributed by atoms with Crippen LogP contribution in [0.3, 0.4) is 0 Å². The van der Waals surface area contributed by atoms with Crippen molar-refractivity contribution < 1.29 is 9.32 Å². The Kier molecular flexibility index (Phi) is 5.34. The summed E-state index contributed by atoms with van der Waals surface area (Å²) in [7, 11) is 0. The Balaban J connectivity index is 1.43. The number of quaternary nitrogens is 1. The fraction of sp³-hybridized carbons (Fsp3) is 0.300. The lowest BCUT2D eigenvalue weighted by molar-refractivity contribution is -0.931. The Labute approximate surface area is 168 Å². The molecule has 5 nitrogen and oxygen atoms in total. The fourth-order valence-corrected chi connectivity index (χ4v) is 3.94. The number of halogens is 2. The van der Waals surface area contributed by atoms with Gasteiger partial charge in [-0.25, -0.2) is 0 Å². The molecule has 1 saturated heterocycles. The van der Waals surface area contributed by atoms with Gasteiger partial charge in [0.1, 0.15) is 0 Å². The van der Waals surface area contributed by atoms with Gasteiger partial charge >= 0.3 is 0 Å². The van der Waals surface area contributed by atoms with Gasteiger partial charge in [-0.15, -0.1) is 10.2 Å². The minimum absolute atomic E-state index is 0.138. The highest BCUT2D eigenvalue weighted by molar-refractivity contribution is 6.33. The molecule has 0 saturated carbocycles. The molecule has 1 aromatic heterocycles. The topological polar surface area (TPSA) is 46.6 Å². The van der Waals surface area contributed by atoms with Crippen LogP contribution in [0.4, 0.5) is 5.69 Å². The molecule has 1 aliphatic heterocycles. The number of rotatable bonds is 4. The van der Waals surface area contributed by atoms with Crippen LogP contribution in [0.25, 0.3) is 11.5 Å². The number of benzene rings is 2. The second-order valence-electron chi connectivity index (χ2n) is 6.77. The molecule has 0 amide bonds. The SMILES string of the molecule is C[C@@H](c1nnc(-c2cccc(Cl)c2)o1)[NH+]1CCN(c2ccccc2Cl)CC1. The summed E-state index contributed by atoms with van der Waals surface area (Å²) in [4.78, 5) is 3.77. The molecule has 0 bridgehead atoms. The third-order valence-electron chi connectivity index (χ3n) is 5.09. The van der Waals surface area contributed by atoms with E-state index in [1.807, 2.05) is 42.5 Å². The Bertz CT molecular complexity index is 922. The number of nitrogens with zero attached hydrogens (tertiary/aromatic N) is 3. The van der Waals surface area contributed by atoms with Crippen molar-refractivity contribution in [2.45, 2.75) is 13.0 Å². The molecule has 2 aromatic carbocycles. The number of nitrogens with one attached hydrogen (secondary N) is 1. The second kappa shape index (κ2) is 7.89. The maximum Gasteiger partial charge on any atom is 0.274 e. The van der Waals surface area contributed by atoms with E-state index in [0.29, 0.717) is 16.8 Å². The molecule has 1 N–H and O–H groups in total. The molecular weight excluding hydrogens is 383 g/mol. The highest BCUT2D eigenvalue weighted by atomic mass is 35.5. The molecule has 0 unspecified atom stereocenters. The van der Waals surface area contributed by atoms with Crippen molar-refractivity contribution in [1.82, 2.24) is 10.2 Å². The van der Waals surface area contributed by atoms with E-state index >= 15 is 0 Å². The first-order valence-corrected chi connectivity index (χ1v) is 9.81. The standard InChI is InChI=1S/C20H20Cl2N4O/c1-14(19-23-24-20(27-19)15-5-4-6-16(21)13-15)25-9-11-26(12-10-25)18-8-3-2-7-17(18)22/h2-8,13-14H,9-12H2,1H3/p+1/t14-/m0/s1. The van der Waals surface area contributed by atoms with Gasteiger partial charge in [0.15, 0.2) is 6.04 Å². The van der Waals surface area contributed by atoms with Gasteiger partial charge < -0.3 is 14.2 Å². The van der Waals surface area contributed by atoms with Crippen LogP contribution in [0.5, 0.6) is 0 Å². The van der Waals surface area contributed by atoms with Crippen LogP contribution in [0, 0.1) is 0 Å². The van der Waals surface area contributed by atoms with E-state index in [4.69, 9.17) is 27.6 Å². The van der Waals surface area contributed by atoms with Crippen LogP contribution in [0.2, 0.25) is 10.0 Å². The smallest absolute Gasteiger partial charge is 0.274 e. The summed E-state index contributed by atoms with van der Waals surface area (Å²) in [6, 6.07) is 15.6. The first-order chi connectivity index (χ1) is 13.1. The van der Waals surface area contributed by atoms with Crippen LogP contribution in [-0.4, -0.2) is 36.4 Å². The molecule has 0 radical (unpaired) electrons. The minimum atomic E-state index is 0.138. The van der Waals surface area contributed by atoms with Gasteiger partial charge in [-0.05, 0) is 37.3 Å². The molecular formula is C20H21Cl2N4O+. The largest absolute Gasteiger partial charge is 0.415 e. The second-order valence-corrected chi connectivity index (χ2v) is 7.62. The van der Waals surface area contributed by atoms with Crippen molar-refractivity contribution >= 4 is 28.9 Å². The molecule has 7 heteroatoms. The zero-order valence-electron chi connectivity index (χ0n) is 15.0. The summed E-state index contributed by atoms with van der Waals surface area (Å²) >= 11 is 12.4. The van der Waals surface area contributed by atoms with Crippen LogP contribution in [0.15, 0.2) is 52.9 Å². The van der Waals surface area contributed by atoms with Crippen LogP contribution < -0.4 is 9.80 Å². The summed E-state index contributed by atoms with van der Waals surface area (Å²) in [6.07, 6.45) is 0. The van der Waals surface area contributed by atoms with Gasteiger partial charge in [0.05, 0.1) is 36.9 Å². The van der Waals surface area contributed by atoms with Crippen molar-refractivity contribution in [2.75, 3.05) is 31.1 Å².